The molecular formula is C17H29N3O2S. The third kappa shape index (κ3) is 7.50. The minimum Gasteiger partial charge on any atom is -0.493 e. The van der Waals surface area contributed by atoms with Gasteiger partial charge in [-0.3, -0.25) is 0 Å². The Morgan fingerprint density at radius 3 is 2.70 bits per heavy atom. The molecule has 0 aromatic heterocycles. The molecule has 0 aliphatic rings. The van der Waals surface area contributed by atoms with E-state index in [2.05, 4.69) is 35.7 Å². The minimum absolute atomic E-state index is 0.596. The largest absolute Gasteiger partial charge is 0.493 e. The van der Waals surface area contributed by atoms with Crippen molar-refractivity contribution in [2.45, 2.75) is 26.8 Å². The van der Waals surface area contributed by atoms with Crippen LogP contribution in [0.25, 0.3) is 0 Å². The van der Waals surface area contributed by atoms with Crippen LogP contribution in [0.3, 0.4) is 0 Å². The smallest absolute Gasteiger partial charge is 0.191 e. The van der Waals surface area contributed by atoms with E-state index in [1.807, 2.05) is 30.0 Å². The first-order valence-corrected chi connectivity index (χ1v) is 9.45. The molecule has 130 valence electrons. The number of ether oxygens (including phenoxy) is 2. The zero-order chi connectivity index (χ0) is 16.9. The van der Waals surface area contributed by atoms with Gasteiger partial charge < -0.3 is 20.1 Å². The highest BCUT2D eigenvalue weighted by Gasteiger charge is 2.06. The van der Waals surface area contributed by atoms with E-state index in [-0.39, 0.29) is 0 Å². The first-order chi connectivity index (χ1) is 11.2. The molecule has 0 heterocycles. The predicted molar refractivity (Wildman–Crippen MR) is 100.0 cm³/mol. The molecule has 0 fully saturated rings. The SMILES string of the molecule is CCCOc1ccc(CN=C(NCC)NCCSC)cc1OC. The van der Waals surface area contributed by atoms with E-state index >= 15 is 0 Å². The lowest BCUT2D eigenvalue weighted by Crippen LogP contribution is -2.38. The maximum atomic E-state index is 5.67. The Morgan fingerprint density at radius 2 is 2.04 bits per heavy atom. The Bertz CT molecular complexity index is 481. The Balaban J connectivity index is 2.71. The van der Waals surface area contributed by atoms with Crippen molar-refractivity contribution < 1.29 is 9.47 Å². The van der Waals surface area contributed by atoms with Gasteiger partial charge in [0.05, 0.1) is 20.3 Å². The Morgan fingerprint density at radius 1 is 1.22 bits per heavy atom. The average molecular weight is 340 g/mol. The molecule has 0 saturated carbocycles. The van der Waals surface area contributed by atoms with Gasteiger partial charge in [0, 0.05) is 18.8 Å². The molecule has 23 heavy (non-hydrogen) atoms. The summed E-state index contributed by atoms with van der Waals surface area (Å²) in [5.74, 6) is 3.44. The molecular weight excluding hydrogens is 310 g/mol. The normalized spacial score (nSPS) is 11.2. The fourth-order valence-corrected chi connectivity index (χ4v) is 2.23. The number of rotatable bonds is 10. The van der Waals surface area contributed by atoms with Crippen molar-refractivity contribution in [3.63, 3.8) is 0 Å². The van der Waals surface area contributed by atoms with E-state index in [9.17, 15) is 0 Å². The highest BCUT2D eigenvalue weighted by Crippen LogP contribution is 2.28. The van der Waals surface area contributed by atoms with E-state index in [1.54, 1.807) is 7.11 Å². The monoisotopic (exact) mass is 339 g/mol. The lowest BCUT2D eigenvalue weighted by Gasteiger charge is -2.12. The predicted octanol–water partition coefficient (Wildman–Crippen LogP) is 2.90. The number of thioether (sulfide) groups is 1. The van der Waals surface area contributed by atoms with Crippen molar-refractivity contribution in [1.29, 1.82) is 0 Å². The molecule has 6 heteroatoms. The number of guanidine groups is 1. The lowest BCUT2D eigenvalue weighted by molar-refractivity contribution is 0.294. The zero-order valence-corrected chi connectivity index (χ0v) is 15.5. The number of methoxy groups -OCH3 is 1. The topological polar surface area (TPSA) is 54.9 Å². The van der Waals surface area contributed by atoms with E-state index < -0.39 is 0 Å². The number of aliphatic imine (C=N–C) groups is 1. The van der Waals surface area contributed by atoms with Crippen LogP contribution in [0.4, 0.5) is 0 Å². The molecule has 0 aliphatic carbocycles. The highest BCUT2D eigenvalue weighted by molar-refractivity contribution is 7.98. The molecule has 0 saturated heterocycles. The number of hydrogen-bond acceptors (Lipinski definition) is 4. The van der Waals surface area contributed by atoms with Gasteiger partial charge in [0.1, 0.15) is 0 Å². The van der Waals surface area contributed by atoms with Crippen molar-refractivity contribution in [3.05, 3.63) is 23.8 Å². The molecule has 1 aromatic carbocycles. The molecule has 5 nitrogen and oxygen atoms in total. The molecule has 0 spiro atoms. The standard InChI is InChI=1S/C17H29N3O2S/c1-5-10-22-15-8-7-14(12-16(15)21-3)13-20-17(18-6-2)19-9-11-23-4/h7-8,12H,5-6,9-11,13H2,1-4H3,(H2,18,19,20). The third-order valence-electron chi connectivity index (χ3n) is 3.05. The van der Waals surface area contributed by atoms with Gasteiger partial charge in [-0.05, 0) is 37.3 Å². The molecule has 0 amide bonds. The molecule has 0 bridgehead atoms. The first-order valence-electron chi connectivity index (χ1n) is 8.05. The molecule has 0 radical (unpaired) electrons. The van der Waals surface area contributed by atoms with Gasteiger partial charge in [0.15, 0.2) is 17.5 Å². The van der Waals surface area contributed by atoms with Crippen LogP contribution >= 0.6 is 11.8 Å². The van der Waals surface area contributed by atoms with Gasteiger partial charge >= 0.3 is 0 Å². The molecule has 0 aliphatic heterocycles. The second kappa shape index (κ2) is 11.9. The van der Waals surface area contributed by atoms with Crippen LogP contribution in [0.5, 0.6) is 11.5 Å². The number of nitrogens with one attached hydrogen (secondary N) is 2. The summed E-state index contributed by atoms with van der Waals surface area (Å²) in [6, 6.07) is 5.97. The molecule has 0 atom stereocenters. The van der Waals surface area contributed by atoms with Gasteiger partial charge in [0.25, 0.3) is 0 Å². The van der Waals surface area contributed by atoms with Gasteiger partial charge in [0.2, 0.25) is 0 Å². The third-order valence-corrected chi connectivity index (χ3v) is 3.66. The number of nitrogens with zero attached hydrogens (tertiary/aromatic N) is 1. The van der Waals surface area contributed by atoms with Crippen LogP contribution in [0.1, 0.15) is 25.8 Å². The van der Waals surface area contributed by atoms with Crippen molar-refractivity contribution in [2.24, 2.45) is 4.99 Å². The summed E-state index contributed by atoms with van der Waals surface area (Å²) in [5.41, 5.74) is 1.09. The molecule has 1 aromatic rings. The van der Waals surface area contributed by atoms with Crippen LogP contribution in [0.15, 0.2) is 23.2 Å². The van der Waals surface area contributed by atoms with E-state index in [0.717, 1.165) is 48.3 Å². The maximum Gasteiger partial charge on any atom is 0.191 e. The van der Waals surface area contributed by atoms with Crippen LogP contribution < -0.4 is 20.1 Å². The molecule has 1 rings (SSSR count). The van der Waals surface area contributed by atoms with Crippen molar-refractivity contribution in [1.82, 2.24) is 10.6 Å². The van der Waals surface area contributed by atoms with Gasteiger partial charge in [-0.15, -0.1) is 0 Å². The summed E-state index contributed by atoms with van der Waals surface area (Å²) in [4.78, 5) is 4.61. The summed E-state index contributed by atoms with van der Waals surface area (Å²) in [5, 5.41) is 6.58. The van der Waals surface area contributed by atoms with Gasteiger partial charge in [-0.1, -0.05) is 13.0 Å². The molecule has 2 N–H and O–H groups in total. The van der Waals surface area contributed by atoms with E-state index in [0.29, 0.717) is 13.2 Å². The van der Waals surface area contributed by atoms with Crippen LogP contribution in [0, 0.1) is 0 Å². The highest BCUT2D eigenvalue weighted by atomic mass is 32.2. The summed E-state index contributed by atoms with van der Waals surface area (Å²) in [6.07, 6.45) is 3.07. The zero-order valence-electron chi connectivity index (χ0n) is 14.6. The van der Waals surface area contributed by atoms with Crippen molar-refractivity contribution >= 4 is 17.7 Å². The Labute approximate surface area is 144 Å². The fraction of sp³-hybridized carbons (Fsp3) is 0.588. The average Bonchev–Trinajstić information content (AvgIpc) is 2.58. The second-order valence-corrected chi connectivity index (χ2v) is 5.93. The minimum atomic E-state index is 0.596. The maximum absolute atomic E-state index is 5.67. The molecule has 0 unspecified atom stereocenters. The second-order valence-electron chi connectivity index (χ2n) is 4.95. The Kier molecular flexibility index (Phi) is 10.1. The quantitative estimate of drug-likeness (QED) is 0.390. The van der Waals surface area contributed by atoms with E-state index in [4.69, 9.17) is 9.47 Å². The van der Waals surface area contributed by atoms with Crippen LogP contribution in [-0.4, -0.2) is 44.8 Å². The van der Waals surface area contributed by atoms with Gasteiger partial charge in [-0.2, -0.15) is 11.8 Å². The lowest BCUT2D eigenvalue weighted by atomic mass is 10.2. The Hall–Kier alpha value is -1.56. The number of benzene rings is 1. The van der Waals surface area contributed by atoms with E-state index in [1.165, 1.54) is 0 Å². The van der Waals surface area contributed by atoms with Crippen LogP contribution in [0.2, 0.25) is 0 Å². The van der Waals surface area contributed by atoms with Crippen molar-refractivity contribution in [2.75, 3.05) is 38.8 Å². The summed E-state index contributed by atoms with van der Waals surface area (Å²) in [7, 11) is 1.66. The summed E-state index contributed by atoms with van der Waals surface area (Å²) >= 11 is 1.81. The van der Waals surface area contributed by atoms with Gasteiger partial charge in [-0.25, -0.2) is 4.99 Å². The summed E-state index contributed by atoms with van der Waals surface area (Å²) < 4.78 is 11.1. The number of hydrogen-bond donors (Lipinski definition) is 2. The van der Waals surface area contributed by atoms with Crippen LogP contribution in [-0.2, 0) is 6.54 Å². The summed E-state index contributed by atoms with van der Waals surface area (Å²) in [6.45, 7) is 7.19. The fourth-order valence-electron chi connectivity index (χ4n) is 1.93. The van der Waals surface area contributed by atoms with Crippen molar-refractivity contribution in [3.8, 4) is 11.5 Å². The first kappa shape index (κ1) is 19.5.